The van der Waals surface area contributed by atoms with Gasteiger partial charge in [0, 0.05) is 24.3 Å². The molecule has 2 aromatic carbocycles. The van der Waals surface area contributed by atoms with Gasteiger partial charge >= 0.3 is 0 Å². The van der Waals surface area contributed by atoms with Crippen molar-refractivity contribution in [3.63, 3.8) is 0 Å². The Balaban J connectivity index is 1.56. The third-order valence-corrected chi connectivity index (χ3v) is 4.50. The molecule has 0 spiro atoms. The van der Waals surface area contributed by atoms with Gasteiger partial charge in [0.2, 0.25) is 5.91 Å². The molecule has 30 heavy (non-hydrogen) atoms. The molecule has 3 rings (SSSR count). The number of anilines is 2. The van der Waals surface area contributed by atoms with Crippen molar-refractivity contribution in [1.29, 1.82) is 0 Å². The van der Waals surface area contributed by atoms with Gasteiger partial charge in [-0.25, -0.2) is 0 Å². The van der Waals surface area contributed by atoms with Crippen molar-refractivity contribution in [3.05, 3.63) is 66.2 Å². The number of rotatable bonds is 8. The van der Waals surface area contributed by atoms with E-state index in [1.54, 1.807) is 35.2 Å². The summed E-state index contributed by atoms with van der Waals surface area (Å²) in [6.45, 7) is 8.43. The Morgan fingerprint density at radius 1 is 1.13 bits per heavy atom. The van der Waals surface area contributed by atoms with Crippen LogP contribution in [0.4, 0.5) is 11.4 Å². The molecule has 0 bridgehead atoms. The lowest BCUT2D eigenvalue weighted by Crippen LogP contribution is -2.40. The molecule has 0 aliphatic carbocycles. The van der Waals surface area contributed by atoms with E-state index in [0.717, 1.165) is 5.57 Å². The molecule has 158 valence electrons. The van der Waals surface area contributed by atoms with Crippen LogP contribution in [0.2, 0.25) is 0 Å². The van der Waals surface area contributed by atoms with Gasteiger partial charge in [-0.05, 0) is 42.8 Å². The molecule has 7 nitrogen and oxygen atoms in total. The first-order chi connectivity index (χ1) is 14.5. The first-order valence-corrected chi connectivity index (χ1v) is 9.90. The second-order valence-electron chi connectivity index (χ2n) is 7.13. The number of ether oxygens (including phenoxy) is 2. The number of morpholine rings is 1. The lowest BCUT2D eigenvalue weighted by Gasteiger charge is -2.27. The lowest BCUT2D eigenvalue weighted by atomic mass is 10.1. The Morgan fingerprint density at radius 2 is 1.90 bits per heavy atom. The van der Waals surface area contributed by atoms with Gasteiger partial charge in [-0.3, -0.25) is 9.59 Å². The second kappa shape index (κ2) is 10.5. The van der Waals surface area contributed by atoms with E-state index in [9.17, 15) is 9.59 Å². The van der Waals surface area contributed by atoms with Crippen molar-refractivity contribution in [1.82, 2.24) is 4.90 Å². The molecule has 7 heteroatoms. The van der Waals surface area contributed by atoms with E-state index < -0.39 is 0 Å². The van der Waals surface area contributed by atoms with Gasteiger partial charge in [0.25, 0.3) is 5.91 Å². The van der Waals surface area contributed by atoms with Crippen LogP contribution in [0.5, 0.6) is 5.75 Å². The van der Waals surface area contributed by atoms with E-state index in [1.165, 1.54) is 0 Å². The van der Waals surface area contributed by atoms with Gasteiger partial charge in [0.05, 0.1) is 25.4 Å². The van der Waals surface area contributed by atoms with Gasteiger partial charge in [0.15, 0.2) is 0 Å². The summed E-state index contributed by atoms with van der Waals surface area (Å²) in [5.41, 5.74) is 2.78. The van der Waals surface area contributed by atoms with Crippen LogP contribution in [0.25, 0.3) is 0 Å². The van der Waals surface area contributed by atoms with Crippen molar-refractivity contribution in [3.8, 4) is 5.75 Å². The number of carbonyl (C=O) groups excluding carboxylic acids is 2. The molecular formula is C23H27N3O4. The van der Waals surface area contributed by atoms with Crippen molar-refractivity contribution < 1.29 is 19.1 Å². The standard InChI is InChI=1S/C23H27N3O4/c1-17(2)16-30-21-9-4-3-8-20(21)25-22(27)15-24-19-7-5-6-18(14-19)23(28)26-10-12-29-13-11-26/h3-9,14,24H,1,10-13,15-16H2,2H3,(H,25,27). The van der Waals surface area contributed by atoms with E-state index in [4.69, 9.17) is 9.47 Å². The molecule has 0 atom stereocenters. The average molecular weight is 409 g/mol. The molecule has 2 aromatic rings. The van der Waals surface area contributed by atoms with Crippen LogP contribution in [-0.2, 0) is 9.53 Å². The van der Waals surface area contributed by atoms with Gasteiger partial charge in [0.1, 0.15) is 12.4 Å². The molecule has 1 fully saturated rings. The number of amides is 2. The van der Waals surface area contributed by atoms with Crippen LogP contribution < -0.4 is 15.4 Å². The SMILES string of the molecule is C=C(C)COc1ccccc1NC(=O)CNc1cccc(C(=O)N2CCOCC2)c1. The summed E-state index contributed by atoms with van der Waals surface area (Å²) in [6, 6.07) is 14.4. The van der Waals surface area contributed by atoms with E-state index in [2.05, 4.69) is 17.2 Å². The Morgan fingerprint density at radius 3 is 2.67 bits per heavy atom. The van der Waals surface area contributed by atoms with Gasteiger partial charge < -0.3 is 25.0 Å². The molecule has 0 saturated carbocycles. The predicted molar refractivity (Wildman–Crippen MR) is 117 cm³/mol. The molecule has 1 aliphatic rings. The number of para-hydroxylation sites is 2. The largest absolute Gasteiger partial charge is 0.487 e. The highest BCUT2D eigenvalue weighted by molar-refractivity contribution is 5.96. The third-order valence-electron chi connectivity index (χ3n) is 4.50. The summed E-state index contributed by atoms with van der Waals surface area (Å²) in [5, 5.41) is 5.92. The highest BCUT2D eigenvalue weighted by atomic mass is 16.5. The number of hydrogen-bond donors (Lipinski definition) is 2. The smallest absolute Gasteiger partial charge is 0.254 e. The Hall–Kier alpha value is -3.32. The second-order valence-corrected chi connectivity index (χ2v) is 7.13. The average Bonchev–Trinajstić information content (AvgIpc) is 2.77. The van der Waals surface area contributed by atoms with Gasteiger partial charge in [-0.2, -0.15) is 0 Å². The maximum absolute atomic E-state index is 12.6. The normalized spacial score (nSPS) is 13.4. The van der Waals surface area contributed by atoms with Gasteiger partial charge in [-0.1, -0.05) is 24.8 Å². The van der Waals surface area contributed by atoms with Crippen molar-refractivity contribution in [2.75, 3.05) is 50.1 Å². The third kappa shape index (κ3) is 6.09. The molecule has 0 radical (unpaired) electrons. The lowest BCUT2D eigenvalue weighted by molar-refractivity contribution is -0.114. The fraction of sp³-hybridized carbons (Fsp3) is 0.304. The number of carbonyl (C=O) groups is 2. The fourth-order valence-corrected chi connectivity index (χ4v) is 2.98. The Kier molecular flexibility index (Phi) is 7.45. The van der Waals surface area contributed by atoms with Gasteiger partial charge in [-0.15, -0.1) is 0 Å². The molecule has 1 aliphatic heterocycles. The van der Waals surface area contributed by atoms with Crippen molar-refractivity contribution in [2.24, 2.45) is 0 Å². The van der Waals surface area contributed by atoms with E-state index in [1.807, 2.05) is 25.1 Å². The van der Waals surface area contributed by atoms with Crippen LogP contribution in [-0.4, -0.2) is 56.2 Å². The zero-order chi connectivity index (χ0) is 21.3. The molecule has 1 heterocycles. The predicted octanol–water partition coefficient (Wildman–Crippen LogP) is 3.16. The molecule has 0 unspecified atom stereocenters. The first kappa shape index (κ1) is 21.4. The summed E-state index contributed by atoms with van der Waals surface area (Å²) in [6.07, 6.45) is 0. The van der Waals surface area contributed by atoms with Crippen LogP contribution >= 0.6 is 0 Å². The zero-order valence-corrected chi connectivity index (χ0v) is 17.1. The minimum atomic E-state index is -0.216. The first-order valence-electron chi connectivity index (χ1n) is 9.90. The number of nitrogens with one attached hydrogen (secondary N) is 2. The Labute approximate surface area is 176 Å². The summed E-state index contributed by atoms with van der Waals surface area (Å²) >= 11 is 0. The topological polar surface area (TPSA) is 79.9 Å². The zero-order valence-electron chi connectivity index (χ0n) is 17.1. The van der Waals surface area contributed by atoms with Crippen LogP contribution in [0.1, 0.15) is 17.3 Å². The molecule has 2 N–H and O–H groups in total. The maximum atomic E-state index is 12.6. The van der Waals surface area contributed by atoms with E-state index in [-0.39, 0.29) is 18.4 Å². The number of hydrogen-bond acceptors (Lipinski definition) is 5. The number of benzene rings is 2. The van der Waals surface area contributed by atoms with Crippen LogP contribution in [0, 0.1) is 0 Å². The molecule has 1 saturated heterocycles. The van der Waals surface area contributed by atoms with Crippen LogP contribution in [0.3, 0.4) is 0 Å². The summed E-state index contributed by atoms with van der Waals surface area (Å²) < 4.78 is 11.0. The number of nitrogens with zero attached hydrogens (tertiary/aromatic N) is 1. The summed E-state index contributed by atoms with van der Waals surface area (Å²) in [7, 11) is 0. The van der Waals surface area contributed by atoms with Crippen molar-refractivity contribution >= 4 is 23.2 Å². The van der Waals surface area contributed by atoms with Crippen LogP contribution in [0.15, 0.2) is 60.7 Å². The van der Waals surface area contributed by atoms with Crippen molar-refractivity contribution in [2.45, 2.75) is 6.92 Å². The minimum Gasteiger partial charge on any atom is -0.487 e. The maximum Gasteiger partial charge on any atom is 0.254 e. The Bertz CT molecular complexity index is 907. The minimum absolute atomic E-state index is 0.0324. The summed E-state index contributed by atoms with van der Waals surface area (Å²) in [4.78, 5) is 26.8. The quantitative estimate of drug-likeness (QED) is 0.655. The fourth-order valence-electron chi connectivity index (χ4n) is 2.98. The summed E-state index contributed by atoms with van der Waals surface area (Å²) in [5.74, 6) is 0.341. The highest BCUT2D eigenvalue weighted by Gasteiger charge is 2.18. The van der Waals surface area contributed by atoms with E-state index >= 15 is 0 Å². The molecular weight excluding hydrogens is 382 g/mol. The molecule has 2 amide bonds. The van der Waals surface area contributed by atoms with E-state index in [0.29, 0.717) is 55.6 Å². The molecule has 0 aromatic heterocycles. The monoisotopic (exact) mass is 409 g/mol. The highest BCUT2D eigenvalue weighted by Crippen LogP contribution is 2.24.